The summed E-state index contributed by atoms with van der Waals surface area (Å²) in [5, 5.41) is 3.15. The van der Waals surface area contributed by atoms with Crippen molar-refractivity contribution in [3.8, 4) is 5.82 Å². The lowest BCUT2D eigenvalue weighted by Crippen LogP contribution is -2.32. The molecule has 6 heteroatoms. The molecule has 2 rings (SSSR count). The van der Waals surface area contributed by atoms with E-state index in [0.29, 0.717) is 12.5 Å². The molecule has 124 valence electrons. The third kappa shape index (κ3) is 5.39. The highest BCUT2D eigenvalue weighted by molar-refractivity contribution is 5.77. The number of hydrogen-bond acceptors (Lipinski definition) is 3. The van der Waals surface area contributed by atoms with Crippen LogP contribution in [0, 0.1) is 6.92 Å². The summed E-state index contributed by atoms with van der Waals surface area (Å²) >= 11 is 0. The second-order valence-electron chi connectivity index (χ2n) is 5.56. The van der Waals surface area contributed by atoms with Gasteiger partial charge >= 0.3 is 0 Å². The van der Waals surface area contributed by atoms with E-state index in [-0.39, 0.29) is 0 Å². The maximum absolute atomic E-state index is 5.87. The normalized spacial score (nSPS) is 11.7. The van der Waals surface area contributed by atoms with Gasteiger partial charge in [-0.15, -0.1) is 0 Å². The lowest BCUT2D eigenvalue weighted by atomic mass is 10.2. The number of pyridine rings is 1. The highest BCUT2D eigenvalue weighted by Crippen LogP contribution is 2.08. The summed E-state index contributed by atoms with van der Waals surface area (Å²) in [6.07, 6.45) is 10.4. The van der Waals surface area contributed by atoms with E-state index in [1.807, 2.05) is 36.0 Å². The number of guanidine groups is 1. The van der Waals surface area contributed by atoms with Crippen LogP contribution in [0.1, 0.15) is 44.0 Å². The van der Waals surface area contributed by atoms with Gasteiger partial charge in [-0.05, 0) is 25.0 Å². The summed E-state index contributed by atoms with van der Waals surface area (Å²) < 4.78 is 1.94. The Morgan fingerprint density at radius 2 is 2.13 bits per heavy atom. The molecule has 0 amide bonds. The summed E-state index contributed by atoms with van der Waals surface area (Å²) in [7, 11) is 0. The van der Waals surface area contributed by atoms with Crippen LogP contribution in [0.5, 0.6) is 0 Å². The first-order valence-electron chi connectivity index (χ1n) is 8.19. The molecule has 2 aromatic heterocycles. The average molecular weight is 314 g/mol. The van der Waals surface area contributed by atoms with E-state index in [9.17, 15) is 0 Å². The van der Waals surface area contributed by atoms with Crippen LogP contribution in [-0.2, 0) is 6.54 Å². The van der Waals surface area contributed by atoms with Gasteiger partial charge in [0.25, 0.3) is 0 Å². The second kappa shape index (κ2) is 8.92. The minimum Gasteiger partial charge on any atom is -0.370 e. The minimum atomic E-state index is 0.496. The lowest BCUT2D eigenvalue weighted by Gasteiger charge is -2.06. The average Bonchev–Trinajstić information content (AvgIpc) is 2.99. The number of nitrogens with one attached hydrogen (secondary N) is 1. The van der Waals surface area contributed by atoms with Crippen molar-refractivity contribution in [3.05, 3.63) is 42.1 Å². The predicted octanol–water partition coefficient (Wildman–Crippen LogP) is 2.56. The van der Waals surface area contributed by atoms with Gasteiger partial charge in [-0.1, -0.05) is 32.3 Å². The first-order valence-corrected chi connectivity index (χ1v) is 8.19. The molecule has 0 saturated carbocycles. The fourth-order valence-corrected chi connectivity index (χ4v) is 2.27. The van der Waals surface area contributed by atoms with E-state index in [1.54, 1.807) is 6.20 Å². The first kappa shape index (κ1) is 17.0. The Bertz CT molecular complexity index is 614. The van der Waals surface area contributed by atoms with Crippen molar-refractivity contribution in [2.75, 3.05) is 6.54 Å². The number of imidazole rings is 1. The van der Waals surface area contributed by atoms with E-state index in [1.165, 1.54) is 19.3 Å². The molecule has 23 heavy (non-hydrogen) atoms. The fourth-order valence-electron chi connectivity index (χ4n) is 2.27. The Balaban J connectivity index is 1.81. The van der Waals surface area contributed by atoms with Gasteiger partial charge in [0.05, 0.1) is 6.54 Å². The lowest BCUT2D eigenvalue weighted by molar-refractivity contribution is 0.652. The van der Waals surface area contributed by atoms with E-state index < -0.39 is 0 Å². The number of aryl methyl sites for hydroxylation is 1. The van der Waals surface area contributed by atoms with Crippen molar-refractivity contribution in [1.82, 2.24) is 19.9 Å². The van der Waals surface area contributed by atoms with Crippen LogP contribution in [0.2, 0.25) is 0 Å². The molecule has 0 aliphatic heterocycles. The molecule has 0 bridgehead atoms. The van der Waals surface area contributed by atoms with Gasteiger partial charge in [0.1, 0.15) is 11.6 Å². The van der Waals surface area contributed by atoms with E-state index in [4.69, 9.17) is 5.73 Å². The van der Waals surface area contributed by atoms with Gasteiger partial charge in [0.2, 0.25) is 0 Å². The molecule has 0 radical (unpaired) electrons. The highest BCUT2D eigenvalue weighted by Gasteiger charge is 2.01. The Kier molecular flexibility index (Phi) is 6.59. The quantitative estimate of drug-likeness (QED) is 0.446. The second-order valence-corrected chi connectivity index (χ2v) is 5.56. The summed E-state index contributed by atoms with van der Waals surface area (Å²) in [5.41, 5.74) is 6.90. The largest absolute Gasteiger partial charge is 0.370 e. The SMILES string of the molecule is CCCCCCNC(N)=NCc1ccc(-n2ccnc2C)nc1. The summed E-state index contributed by atoms with van der Waals surface area (Å²) in [6, 6.07) is 3.98. The van der Waals surface area contributed by atoms with Crippen LogP contribution >= 0.6 is 0 Å². The van der Waals surface area contributed by atoms with Crippen LogP contribution < -0.4 is 11.1 Å². The Morgan fingerprint density at radius 3 is 2.78 bits per heavy atom. The van der Waals surface area contributed by atoms with Crippen molar-refractivity contribution in [1.29, 1.82) is 0 Å². The smallest absolute Gasteiger partial charge is 0.188 e. The predicted molar refractivity (Wildman–Crippen MR) is 93.6 cm³/mol. The highest BCUT2D eigenvalue weighted by atomic mass is 15.1. The maximum Gasteiger partial charge on any atom is 0.188 e. The van der Waals surface area contributed by atoms with Gasteiger partial charge in [0, 0.05) is 25.1 Å². The van der Waals surface area contributed by atoms with Gasteiger partial charge < -0.3 is 11.1 Å². The molecule has 3 N–H and O–H groups in total. The molecule has 0 fully saturated rings. The van der Waals surface area contributed by atoms with Crippen LogP contribution in [0.15, 0.2) is 35.7 Å². The molecule has 0 unspecified atom stereocenters. The standard InChI is InChI=1S/C17H26N6/c1-3-4-5-6-9-20-17(18)22-13-15-7-8-16(21-12-15)23-11-10-19-14(23)2/h7-8,10-12H,3-6,9,13H2,1-2H3,(H3,18,20,22). The van der Waals surface area contributed by atoms with Crippen molar-refractivity contribution in [2.24, 2.45) is 10.7 Å². The molecule has 2 heterocycles. The molecule has 0 atom stereocenters. The van der Waals surface area contributed by atoms with Crippen molar-refractivity contribution in [2.45, 2.75) is 46.1 Å². The number of aromatic nitrogens is 3. The van der Waals surface area contributed by atoms with Gasteiger partial charge in [-0.25, -0.2) is 15.0 Å². The molecule has 0 aliphatic rings. The number of aliphatic imine (C=N–C) groups is 1. The zero-order chi connectivity index (χ0) is 16.5. The van der Waals surface area contributed by atoms with Crippen LogP contribution in [0.25, 0.3) is 5.82 Å². The Labute approximate surface area is 137 Å². The van der Waals surface area contributed by atoms with E-state index >= 15 is 0 Å². The number of nitrogens with zero attached hydrogens (tertiary/aromatic N) is 4. The van der Waals surface area contributed by atoms with Crippen molar-refractivity contribution >= 4 is 5.96 Å². The number of unbranched alkanes of at least 4 members (excludes halogenated alkanes) is 3. The van der Waals surface area contributed by atoms with Crippen molar-refractivity contribution < 1.29 is 0 Å². The van der Waals surface area contributed by atoms with Crippen LogP contribution in [-0.4, -0.2) is 27.0 Å². The summed E-state index contributed by atoms with van der Waals surface area (Å²) in [4.78, 5) is 13.0. The number of rotatable bonds is 8. The van der Waals surface area contributed by atoms with Crippen molar-refractivity contribution in [3.63, 3.8) is 0 Å². The molecule has 0 saturated heterocycles. The monoisotopic (exact) mass is 314 g/mol. The van der Waals surface area contributed by atoms with Gasteiger partial charge in [-0.2, -0.15) is 0 Å². The molecule has 0 aromatic carbocycles. The Hall–Kier alpha value is -2.37. The zero-order valence-corrected chi connectivity index (χ0v) is 14.0. The molecular formula is C17H26N6. The van der Waals surface area contributed by atoms with E-state index in [2.05, 4.69) is 27.2 Å². The molecule has 0 spiro atoms. The van der Waals surface area contributed by atoms with E-state index in [0.717, 1.165) is 30.2 Å². The molecule has 2 aromatic rings. The summed E-state index contributed by atoms with van der Waals surface area (Å²) in [5.74, 6) is 2.27. The third-order valence-corrected chi connectivity index (χ3v) is 3.65. The van der Waals surface area contributed by atoms with Crippen LogP contribution in [0.3, 0.4) is 0 Å². The number of nitrogens with two attached hydrogens (primary N) is 1. The molecule has 6 nitrogen and oxygen atoms in total. The maximum atomic E-state index is 5.87. The van der Waals surface area contributed by atoms with Crippen LogP contribution in [0.4, 0.5) is 0 Å². The minimum absolute atomic E-state index is 0.496. The van der Waals surface area contributed by atoms with Gasteiger partial charge in [0.15, 0.2) is 5.96 Å². The summed E-state index contributed by atoms with van der Waals surface area (Å²) in [6.45, 7) is 5.57. The molecule has 0 aliphatic carbocycles. The zero-order valence-electron chi connectivity index (χ0n) is 14.0. The van der Waals surface area contributed by atoms with Gasteiger partial charge in [-0.3, -0.25) is 4.57 Å². The third-order valence-electron chi connectivity index (χ3n) is 3.65. The topological polar surface area (TPSA) is 81.1 Å². The molecular weight excluding hydrogens is 288 g/mol. The number of hydrogen-bond donors (Lipinski definition) is 2. The Morgan fingerprint density at radius 1 is 1.26 bits per heavy atom. The fraction of sp³-hybridized carbons (Fsp3) is 0.471. The first-order chi connectivity index (χ1) is 11.2.